The number of carbonyl (C=O) groups excluding carboxylic acids is 2. The Hall–Kier alpha value is -2.66. The Bertz CT molecular complexity index is 925. The lowest BCUT2D eigenvalue weighted by Gasteiger charge is -2.34. The first kappa shape index (κ1) is 19.1. The second-order valence-electron chi connectivity index (χ2n) is 6.41. The molecule has 2 aromatic carbocycles. The van der Waals surface area contributed by atoms with Crippen LogP contribution in [0.1, 0.15) is 30.4 Å². The Balaban J connectivity index is 2.03. The molecule has 27 heavy (non-hydrogen) atoms. The highest BCUT2D eigenvalue weighted by atomic mass is 35.5. The van der Waals surface area contributed by atoms with Crippen molar-refractivity contribution in [3.8, 4) is 0 Å². The SMILES string of the molecule is COC(=O)C1=C(C)N(Cc2cccc(F)c2)C(=O)CC1c1cccc(Cl)c1. The summed E-state index contributed by atoms with van der Waals surface area (Å²) in [5.41, 5.74) is 2.34. The Morgan fingerprint density at radius 2 is 2.00 bits per heavy atom. The maximum atomic E-state index is 13.5. The Labute approximate surface area is 162 Å². The highest BCUT2D eigenvalue weighted by molar-refractivity contribution is 6.30. The minimum Gasteiger partial charge on any atom is -0.466 e. The lowest BCUT2D eigenvalue weighted by atomic mass is 9.83. The number of amides is 1. The van der Waals surface area contributed by atoms with Crippen LogP contribution in [0.5, 0.6) is 0 Å². The van der Waals surface area contributed by atoms with Gasteiger partial charge in [-0.2, -0.15) is 0 Å². The monoisotopic (exact) mass is 387 g/mol. The minimum atomic E-state index is -0.491. The molecule has 4 nitrogen and oxygen atoms in total. The molecule has 0 aliphatic carbocycles. The topological polar surface area (TPSA) is 46.6 Å². The van der Waals surface area contributed by atoms with E-state index in [-0.39, 0.29) is 24.7 Å². The average Bonchev–Trinajstić information content (AvgIpc) is 2.64. The van der Waals surface area contributed by atoms with E-state index in [1.165, 1.54) is 24.1 Å². The highest BCUT2D eigenvalue weighted by Crippen LogP contribution is 2.38. The molecule has 0 bridgehead atoms. The number of hydrogen-bond acceptors (Lipinski definition) is 3. The van der Waals surface area contributed by atoms with Crippen LogP contribution in [-0.4, -0.2) is 23.9 Å². The molecule has 6 heteroatoms. The molecular formula is C21H19ClFNO3. The van der Waals surface area contributed by atoms with E-state index in [0.717, 1.165) is 5.56 Å². The highest BCUT2D eigenvalue weighted by Gasteiger charge is 2.36. The predicted octanol–water partition coefficient (Wildman–Crippen LogP) is 4.44. The molecule has 1 heterocycles. The van der Waals surface area contributed by atoms with Gasteiger partial charge in [-0.1, -0.05) is 35.9 Å². The summed E-state index contributed by atoms with van der Waals surface area (Å²) in [7, 11) is 1.31. The summed E-state index contributed by atoms with van der Waals surface area (Å²) in [6.07, 6.45) is 0.109. The third kappa shape index (κ3) is 4.03. The standard InChI is InChI=1S/C21H19ClFNO3/c1-13-20(21(26)27-2)18(15-6-4-7-16(22)10-15)11-19(25)24(13)12-14-5-3-8-17(23)9-14/h3-10,18H,11-12H2,1-2H3. The third-order valence-corrected chi connectivity index (χ3v) is 4.94. The number of rotatable bonds is 4. The fraction of sp³-hybridized carbons (Fsp3) is 0.238. The second kappa shape index (κ2) is 7.92. The maximum Gasteiger partial charge on any atom is 0.336 e. The Morgan fingerprint density at radius 3 is 2.67 bits per heavy atom. The fourth-order valence-electron chi connectivity index (χ4n) is 3.40. The van der Waals surface area contributed by atoms with E-state index in [0.29, 0.717) is 21.9 Å². The van der Waals surface area contributed by atoms with Crippen LogP contribution in [-0.2, 0) is 20.9 Å². The van der Waals surface area contributed by atoms with Crippen molar-refractivity contribution in [1.29, 1.82) is 0 Å². The van der Waals surface area contributed by atoms with Crippen molar-refractivity contribution in [3.05, 3.63) is 81.8 Å². The quantitative estimate of drug-likeness (QED) is 0.728. The van der Waals surface area contributed by atoms with Crippen molar-refractivity contribution in [1.82, 2.24) is 4.90 Å². The zero-order valence-electron chi connectivity index (χ0n) is 15.0. The van der Waals surface area contributed by atoms with Gasteiger partial charge in [-0.25, -0.2) is 9.18 Å². The molecule has 2 aromatic rings. The normalized spacial score (nSPS) is 17.3. The third-order valence-electron chi connectivity index (χ3n) is 4.71. The number of halogens is 2. The number of carbonyl (C=O) groups is 2. The van der Waals surface area contributed by atoms with Gasteiger partial charge in [0, 0.05) is 23.1 Å². The van der Waals surface area contributed by atoms with E-state index in [1.54, 1.807) is 37.3 Å². The molecule has 1 amide bonds. The first-order chi connectivity index (χ1) is 12.9. The molecule has 0 saturated carbocycles. The molecule has 0 fully saturated rings. The van der Waals surface area contributed by atoms with E-state index in [1.807, 2.05) is 6.07 Å². The van der Waals surface area contributed by atoms with Crippen LogP contribution >= 0.6 is 11.6 Å². The summed E-state index contributed by atoms with van der Waals surface area (Å²) in [5.74, 6) is -1.44. The van der Waals surface area contributed by atoms with Crippen LogP contribution in [0.2, 0.25) is 5.02 Å². The molecule has 1 aliphatic heterocycles. The van der Waals surface area contributed by atoms with Crippen molar-refractivity contribution in [2.75, 3.05) is 7.11 Å². The molecular weight excluding hydrogens is 369 g/mol. The zero-order valence-corrected chi connectivity index (χ0v) is 15.8. The summed E-state index contributed by atoms with van der Waals surface area (Å²) in [6.45, 7) is 1.89. The molecule has 0 aromatic heterocycles. The van der Waals surface area contributed by atoms with E-state index in [2.05, 4.69) is 0 Å². The van der Waals surface area contributed by atoms with Gasteiger partial charge in [-0.05, 0) is 42.3 Å². The Kier molecular flexibility index (Phi) is 5.61. The second-order valence-corrected chi connectivity index (χ2v) is 6.85. The smallest absolute Gasteiger partial charge is 0.336 e. The van der Waals surface area contributed by atoms with E-state index >= 15 is 0 Å². The van der Waals surface area contributed by atoms with Gasteiger partial charge in [-0.15, -0.1) is 0 Å². The van der Waals surface area contributed by atoms with Crippen LogP contribution < -0.4 is 0 Å². The summed E-state index contributed by atoms with van der Waals surface area (Å²) in [6, 6.07) is 13.2. The molecule has 0 spiro atoms. The van der Waals surface area contributed by atoms with Crippen LogP contribution in [0.15, 0.2) is 59.8 Å². The van der Waals surface area contributed by atoms with Gasteiger partial charge in [0.25, 0.3) is 0 Å². The fourth-order valence-corrected chi connectivity index (χ4v) is 3.60. The molecule has 0 N–H and O–H groups in total. The summed E-state index contributed by atoms with van der Waals surface area (Å²) >= 11 is 6.09. The summed E-state index contributed by atoms with van der Waals surface area (Å²) < 4.78 is 18.5. The number of methoxy groups -OCH3 is 1. The predicted molar refractivity (Wildman–Crippen MR) is 100 cm³/mol. The van der Waals surface area contributed by atoms with Gasteiger partial charge < -0.3 is 9.64 Å². The number of ether oxygens (including phenoxy) is 1. The molecule has 1 aliphatic rings. The van der Waals surface area contributed by atoms with Gasteiger partial charge in [0.2, 0.25) is 5.91 Å². The van der Waals surface area contributed by atoms with Crippen LogP contribution in [0, 0.1) is 5.82 Å². The summed E-state index contributed by atoms with van der Waals surface area (Å²) in [5, 5.41) is 0.531. The van der Waals surface area contributed by atoms with Crippen molar-refractivity contribution >= 4 is 23.5 Å². The van der Waals surface area contributed by atoms with E-state index in [4.69, 9.17) is 16.3 Å². The van der Waals surface area contributed by atoms with Gasteiger partial charge >= 0.3 is 5.97 Å². The van der Waals surface area contributed by atoms with Crippen molar-refractivity contribution in [2.45, 2.75) is 25.8 Å². The summed E-state index contributed by atoms with van der Waals surface area (Å²) in [4.78, 5) is 26.8. The minimum absolute atomic E-state index is 0.109. The lowest BCUT2D eigenvalue weighted by Crippen LogP contribution is -2.38. The van der Waals surface area contributed by atoms with Crippen LogP contribution in [0.3, 0.4) is 0 Å². The number of allylic oxidation sites excluding steroid dienone is 1. The molecule has 0 saturated heterocycles. The van der Waals surface area contributed by atoms with Crippen LogP contribution in [0.25, 0.3) is 0 Å². The average molecular weight is 388 g/mol. The van der Waals surface area contributed by atoms with Crippen molar-refractivity contribution in [2.24, 2.45) is 0 Å². The molecule has 1 atom stereocenters. The van der Waals surface area contributed by atoms with Crippen molar-refractivity contribution in [3.63, 3.8) is 0 Å². The van der Waals surface area contributed by atoms with Gasteiger partial charge in [0.05, 0.1) is 19.2 Å². The maximum absolute atomic E-state index is 13.5. The molecule has 3 rings (SSSR count). The number of hydrogen-bond donors (Lipinski definition) is 0. The van der Waals surface area contributed by atoms with Gasteiger partial charge in [0.15, 0.2) is 0 Å². The van der Waals surface area contributed by atoms with Crippen LogP contribution in [0.4, 0.5) is 4.39 Å². The first-order valence-electron chi connectivity index (χ1n) is 8.50. The largest absolute Gasteiger partial charge is 0.466 e. The Morgan fingerprint density at radius 1 is 1.26 bits per heavy atom. The van der Waals surface area contributed by atoms with Crippen molar-refractivity contribution < 1.29 is 18.7 Å². The van der Waals surface area contributed by atoms with E-state index in [9.17, 15) is 14.0 Å². The van der Waals surface area contributed by atoms with Gasteiger partial charge in [-0.3, -0.25) is 4.79 Å². The first-order valence-corrected chi connectivity index (χ1v) is 8.88. The van der Waals surface area contributed by atoms with Gasteiger partial charge in [0.1, 0.15) is 5.82 Å². The number of benzene rings is 2. The lowest BCUT2D eigenvalue weighted by molar-refractivity contribution is -0.138. The number of nitrogens with zero attached hydrogens (tertiary/aromatic N) is 1. The number of esters is 1. The molecule has 1 unspecified atom stereocenters. The zero-order chi connectivity index (χ0) is 19.6. The van der Waals surface area contributed by atoms with E-state index < -0.39 is 11.9 Å². The molecule has 0 radical (unpaired) electrons. The molecule has 140 valence electrons.